The number of aromatic amines is 1. The molecule has 3 aromatic heterocycles. The summed E-state index contributed by atoms with van der Waals surface area (Å²) in [6, 6.07) is 1.82. The van der Waals surface area contributed by atoms with Gasteiger partial charge in [-0.15, -0.1) is 0 Å². The molecule has 0 atom stereocenters. The lowest BCUT2D eigenvalue weighted by Crippen LogP contribution is -2.28. The number of aromatic nitrogens is 5. The van der Waals surface area contributed by atoms with Crippen molar-refractivity contribution in [1.29, 1.82) is 0 Å². The van der Waals surface area contributed by atoms with Crippen molar-refractivity contribution in [2.24, 2.45) is 0 Å². The Balaban J connectivity index is 2.21. The van der Waals surface area contributed by atoms with E-state index < -0.39 is 18.1 Å². The second-order valence-corrected chi connectivity index (χ2v) is 7.04. The Bertz CT molecular complexity index is 1060. The van der Waals surface area contributed by atoms with Gasteiger partial charge in [-0.3, -0.25) is 9.48 Å². The van der Waals surface area contributed by atoms with Crippen LogP contribution in [0, 0.1) is 3.57 Å². The average molecular weight is 482 g/mol. The summed E-state index contributed by atoms with van der Waals surface area (Å²) in [6.07, 6.45) is 2.94. The maximum Gasteiger partial charge on any atom is 0.279 e. The summed E-state index contributed by atoms with van der Waals surface area (Å²) < 4.78 is 7.78. The van der Waals surface area contributed by atoms with Crippen LogP contribution in [0.25, 0.3) is 22.4 Å². The molecule has 0 aliphatic heterocycles. The smallest absolute Gasteiger partial charge is 0.279 e. The van der Waals surface area contributed by atoms with Gasteiger partial charge in [-0.2, -0.15) is 5.10 Å². The number of carboxylic acid groups (broad SMARTS) is 1. The Morgan fingerprint density at radius 3 is 2.81 bits per heavy atom. The van der Waals surface area contributed by atoms with Gasteiger partial charge in [-0.25, -0.2) is 9.97 Å². The van der Waals surface area contributed by atoms with Gasteiger partial charge in [-0.1, -0.05) is 13.8 Å². The second kappa shape index (κ2) is 8.03. The maximum absolute atomic E-state index is 12.6. The van der Waals surface area contributed by atoms with E-state index in [2.05, 4.69) is 42.6 Å². The Morgan fingerprint density at radius 2 is 2.15 bits per heavy atom. The zero-order valence-corrected chi connectivity index (χ0v) is 16.9. The van der Waals surface area contributed by atoms with Crippen LogP contribution < -0.4 is 15.4 Å². The number of aliphatic carboxylic acids is 1. The van der Waals surface area contributed by atoms with Crippen molar-refractivity contribution < 1.29 is 14.6 Å². The van der Waals surface area contributed by atoms with Gasteiger partial charge in [0.25, 0.3) is 5.56 Å². The number of halogens is 1. The van der Waals surface area contributed by atoms with Gasteiger partial charge in [0.15, 0.2) is 5.52 Å². The van der Waals surface area contributed by atoms with E-state index >= 15 is 0 Å². The third kappa shape index (κ3) is 3.94. The van der Waals surface area contributed by atoms with E-state index in [1.807, 2.05) is 19.9 Å². The molecule has 3 rings (SSSR count). The molecule has 0 bridgehead atoms. The number of carbonyl (C=O) groups excluding carboxylic acids is 1. The lowest BCUT2D eigenvalue weighted by atomic mass is 10.2. The van der Waals surface area contributed by atoms with E-state index in [-0.39, 0.29) is 5.52 Å². The van der Waals surface area contributed by atoms with E-state index in [4.69, 9.17) is 4.74 Å². The molecule has 1 N–H and O–H groups in total. The standard InChI is InChI=1S/C17H18IN5O4/c1-3-5-27-17-10(6-9(18)7-19-17)15-20-13-11(4-2)23(8-12(24)25)22-14(13)16(26)21-15/h6-7H,3-5,8H2,1-2H3,(H,24,25)(H,20,21,26)/p-1. The molecule has 0 amide bonds. The zero-order chi connectivity index (χ0) is 19.6. The Labute approximate surface area is 167 Å². The molecule has 0 saturated heterocycles. The molecule has 3 aromatic rings. The molecule has 0 radical (unpaired) electrons. The van der Waals surface area contributed by atoms with Crippen molar-refractivity contribution in [3.8, 4) is 17.3 Å². The maximum atomic E-state index is 12.6. The lowest BCUT2D eigenvalue weighted by molar-refractivity contribution is -0.306. The van der Waals surface area contributed by atoms with Crippen molar-refractivity contribution in [1.82, 2.24) is 24.7 Å². The summed E-state index contributed by atoms with van der Waals surface area (Å²) in [5.74, 6) is -0.613. The topological polar surface area (TPSA) is 126 Å². The predicted molar refractivity (Wildman–Crippen MR) is 104 cm³/mol. The third-order valence-electron chi connectivity index (χ3n) is 3.83. The van der Waals surface area contributed by atoms with Gasteiger partial charge >= 0.3 is 0 Å². The van der Waals surface area contributed by atoms with E-state index in [1.54, 1.807) is 6.20 Å². The quantitative estimate of drug-likeness (QED) is 0.496. The molecule has 0 aliphatic carbocycles. The van der Waals surface area contributed by atoms with Crippen molar-refractivity contribution in [2.45, 2.75) is 33.2 Å². The highest BCUT2D eigenvalue weighted by Gasteiger charge is 2.18. The largest absolute Gasteiger partial charge is 0.548 e. The molecule has 9 nitrogen and oxygen atoms in total. The number of ether oxygens (including phenoxy) is 1. The molecule has 0 saturated carbocycles. The number of nitrogens with zero attached hydrogens (tertiary/aromatic N) is 4. The fourth-order valence-electron chi connectivity index (χ4n) is 2.70. The molecule has 0 aliphatic rings. The monoisotopic (exact) mass is 482 g/mol. The molecule has 0 fully saturated rings. The number of pyridine rings is 1. The van der Waals surface area contributed by atoms with Crippen LogP contribution >= 0.6 is 22.6 Å². The van der Waals surface area contributed by atoms with Gasteiger partial charge in [0.2, 0.25) is 5.88 Å². The number of hydrogen-bond acceptors (Lipinski definition) is 7. The zero-order valence-electron chi connectivity index (χ0n) is 14.8. The van der Waals surface area contributed by atoms with E-state index in [1.165, 1.54) is 4.68 Å². The first-order chi connectivity index (χ1) is 12.9. The van der Waals surface area contributed by atoms with Crippen LogP contribution in [0.4, 0.5) is 0 Å². The summed E-state index contributed by atoms with van der Waals surface area (Å²) in [7, 11) is 0. The van der Waals surface area contributed by atoms with Crippen molar-refractivity contribution in [3.05, 3.63) is 31.9 Å². The normalized spacial score (nSPS) is 11.1. The molecule has 0 aromatic carbocycles. The minimum atomic E-state index is -1.29. The number of H-pyrrole nitrogens is 1. The number of rotatable bonds is 7. The van der Waals surface area contributed by atoms with Crippen LogP contribution in [-0.2, 0) is 17.8 Å². The summed E-state index contributed by atoms with van der Waals surface area (Å²) in [6.45, 7) is 3.87. The van der Waals surface area contributed by atoms with Crippen LogP contribution in [0.15, 0.2) is 17.1 Å². The molecule has 3 heterocycles. The van der Waals surface area contributed by atoms with E-state index in [0.29, 0.717) is 41.5 Å². The second-order valence-electron chi connectivity index (χ2n) is 5.80. The molecular formula is C17H17IN5O4-. The SMILES string of the molecule is CCCOc1ncc(I)cc1-c1nc2c(CC)n(CC(=O)[O-])nc2c(=O)[nH]1. The predicted octanol–water partition coefficient (Wildman–Crippen LogP) is 0.887. The van der Waals surface area contributed by atoms with Crippen LogP contribution in [0.5, 0.6) is 5.88 Å². The first-order valence-electron chi connectivity index (χ1n) is 8.42. The minimum absolute atomic E-state index is 0.0893. The average Bonchev–Trinajstić information content (AvgIpc) is 2.97. The van der Waals surface area contributed by atoms with Crippen molar-refractivity contribution in [2.75, 3.05) is 6.61 Å². The highest BCUT2D eigenvalue weighted by Crippen LogP contribution is 2.28. The van der Waals surface area contributed by atoms with Gasteiger partial charge in [-0.05, 0) is 41.5 Å². The Kier molecular flexibility index (Phi) is 5.73. The molecule has 0 unspecified atom stereocenters. The van der Waals surface area contributed by atoms with Crippen LogP contribution in [-0.4, -0.2) is 37.3 Å². The van der Waals surface area contributed by atoms with Crippen LogP contribution in [0.3, 0.4) is 0 Å². The number of hydrogen-bond donors (Lipinski definition) is 1. The van der Waals surface area contributed by atoms with Crippen LogP contribution in [0.2, 0.25) is 0 Å². The first kappa shape index (κ1) is 19.3. The fraction of sp³-hybridized carbons (Fsp3) is 0.353. The molecule has 27 heavy (non-hydrogen) atoms. The van der Waals surface area contributed by atoms with Gasteiger partial charge in [0.05, 0.1) is 30.4 Å². The summed E-state index contributed by atoms with van der Waals surface area (Å²) in [5.41, 5.74) is 1.10. The lowest BCUT2D eigenvalue weighted by Gasteiger charge is -2.10. The number of fused-ring (bicyclic) bond motifs is 1. The van der Waals surface area contributed by atoms with E-state index in [9.17, 15) is 14.7 Å². The molecular weight excluding hydrogens is 465 g/mol. The first-order valence-corrected chi connectivity index (χ1v) is 9.50. The van der Waals surface area contributed by atoms with Gasteiger partial charge in [0, 0.05) is 9.77 Å². The number of carbonyl (C=O) groups is 1. The Morgan fingerprint density at radius 1 is 1.37 bits per heavy atom. The van der Waals surface area contributed by atoms with Gasteiger partial charge < -0.3 is 19.6 Å². The van der Waals surface area contributed by atoms with Crippen LogP contribution in [0.1, 0.15) is 26.0 Å². The molecule has 0 spiro atoms. The third-order valence-corrected chi connectivity index (χ3v) is 4.42. The molecule has 10 heteroatoms. The minimum Gasteiger partial charge on any atom is -0.548 e. The Hall–Kier alpha value is -2.50. The number of carboxylic acids is 1. The summed E-state index contributed by atoms with van der Waals surface area (Å²) in [4.78, 5) is 35.0. The highest BCUT2D eigenvalue weighted by molar-refractivity contribution is 14.1. The number of aryl methyl sites for hydroxylation is 1. The molecule has 142 valence electrons. The summed E-state index contributed by atoms with van der Waals surface area (Å²) in [5, 5.41) is 15.1. The number of nitrogens with one attached hydrogen (secondary N) is 1. The van der Waals surface area contributed by atoms with E-state index in [0.717, 1.165) is 9.99 Å². The van der Waals surface area contributed by atoms with Crippen molar-refractivity contribution >= 4 is 39.6 Å². The van der Waals surface area contributed by atoms with Crippen molar-refractivity contribution in [3.63, 3.8) is 0 Å². The fourth-order valence-corrected chi connectivity index (χ4v) is 3.16. The highest BCUT2D eigenvalue weighted by atomic mass is 127. The van der Waals surface area contributed by atoms with Gasteiger partial charge in [0.1, 0.15) is 11.3 Å². The summed E-state index contributed by atoms with van der Waals surface area (Å²) >= 11 is 2.12.